The van der Waals surface area contributed by atoms with E-state index in [2.05, 4.69) is 4.98 Å². The molecule has 0 bridgehead atoms. The van der Waals surface area contributed by atoms with Gasteiger partial charge in [0.2, 0.25) is 0 Å². The summed E-state index contributed by atoms with van der Waals surface area (Å²) < 4.78 is 12.6. The highest BCUT2D eigenvalue weighted by atomic mass is 19.1. The van der Waals surface area contributed by atoms with Gasteiger partial charge in [-0.3, -0.25) is 4.79 Å². The number of carbonyl (C=O) groups is 1. The van der Waals surface area contributed by atoms with E-state index in [0.29, 0.717) is 5.56 Å². The standard InChI is InChI=1S/C12H13FN2O2/c13-5-7-1-2-11-9(3-7)8(6-15-11)4-10(14)12(16)17/h1-3,6,10,15H,4-5,14H2,(H,16,17). The maximum absolute atomic E-state index is 12.6. The first kappa shape index (κ1) is 11.6. The summed E-state index contributed by atoms with van der Waals surface area (Å²) in [7, 11) is 0. The first-order valence-corrected chi connectivity index (χ1v) is 5.25. The van der Waals surface area contributed by atoms with Crippen LogP contribution in [0, 0.1) is 0 Å². The predicted octanol–water partition coefficient (Wildman–Crippen LogP) is 1.59. The molecule has 1 atom stereocenters. The number of aliphatic carboxylic acids is 1. The van der Waals surface area contributed by atoms with Gasteiger partial charge in [-0.2, -0.15) is 0 Å². The number of halogens is 1. The van der Waals surface area contributed by atoms with Crippen LogP contribution in [0.2, 0.25) is 0 Å². The smallest absolute Gasteiger partial charge is 0.320 e. The SMILES string of the molecule is NC(Cc1c[nH]c2ccc(CF)cc12)C(=O)O. The van der Waals surface area contributed by atoms with E-state index in [1.807, 2.05) is 0 Å². The van der Waals surface area contributed by atoms with Gasteiger partial charge < -0.3 is 15.8 Å². The lowest BCUT2D eigenvalue weighted by Crippen LogP contribution is -2.32. The molecule has 0 saturated carbocycles. The number of carboxylic acid groups (broad SMARTS) is 1. The molecule has 4 N–H and O–H groups in total. The summed E-state index contributed by atoms with van der Waals surface area (Å²) in [6, 6.07) is 4.25. The monoisotopic (exact) mass is 236 g/mol. The molecule has 5 heteroatoms. The summed E-state index contributed by atoms with van der Waals surface area (Å²) in [5.74, 6) is -1.04. The van der Waals surface area contributed by atoms with Crippen LogP contribution in [0.25, 0.3) is 10.9 Å². The number of carboxylic acids is 1. The molecule has 1 unspecified atom stereocenters. The molecule has 1 aromatic carbocycles. The molecule has 0 aliphatic heterocycles. The van der Waals surface area contributed by atoms with E-state index in [0.717, 1.165) is 16.5 Å². The zero-order valence-corrected chi connectivity index (χ0v) is 9.11. The van der Waals surface area contributed by atoms with Crippen molar-refractivity contribution in [3.63, 3.8) is 0 Å². The highest BCUT2D eigenvalue weighted by molar-refractivity contribution is 5.85. The average molecular weight is 236 g/mol. The van der Waals surface area contributed by atoms with Crippen LogP contribution < -0.4 is 5.73 Å². The molecule has 1 heterocycles. The van der Waals surface area contributed by atoms with Crippen LogP contribution in [-0.2, 0) is 17.9 Å². The minimum atomic E-state index is -1.04. The fourth-order valence-electron chi connectivity index (χ4n) is 1.80. The van der Waals surface area contributed by atoms with Gasteiger partial charge in [0, 0.05) is 23.5 Å². The predicted molar refractivity (Wildman–Crippen MR) is 62.4 cm³/mol. The van der Waals surface area contributed by atoms with E-state index in [-0.39, 0.29) is 6.42 Å². The molecule has 90 valence electrons. The number of alkyl halides is 1. The third kappa shape index (κ3) is 2.29. The molecule has 0 aliphatic rings. The van der Waals surface area contributed by atoms with Gasteiger partial charge in [-0.25, -0.2) is 4.39 Å². The van der Waals surface area contributed by atoms with E-state index in [9.17, 15) is 9.18 Å². The van der Waals surface area contributed by atoms with Crippen molar-refractivity contribution in [2.24, 2.45) is 5.73 Å². The molecule has 4 nitrogen and oxygen atoms in total. The van der Waals surface area contributed by atoms with Crippen LogP contribution in [0.1, 0.15) is 11.1 Å². The summed E-state index contributed by atoms with van der Waals surface area (Å²) >= 11 is 0. The number of H-pyrrole nitrogens is 1. The van der Waals surface area contributed by atoms with Crippen molar-refractivity contribution >= 4 is 16.9 Å². The van der Waals surface area contributed by atoms with Crippen molar-refractivity contribution in [1.29, 1.82) is 0 Å². The Morgan fingerprint density at radius 3 is 2.94 bits per heavy atom. The number of rotatable bonds is 4. The summed E-state index contributed by atoms with van der Waals surface area (Å²) in [6.45, 7) is -0.536. The fraction of sp³-hybridized carbons (Fsp3) is 0.250. The quantitative estimate of drug-likeness (QED) is 0.754. The van der Waals surface area contributed by atoms with Crippen molar-refractivity contribution in [2.75, 3.05) is 0 Å². The van der Waals surface area contributed by atoms with Gasteiger partial charge in [0.15, 0.2) is 0 Å². The Morgan fingerprint density at radius 2 is 2.29 bits per heavy atom. The van der Waals surface area contributed by atoms with Crippen LogP contribution in [0.3, 0.4) is 0 Å². The van der Waals surface area contributed by atoms with Gasteiger partial charge in [-0.15, -0.1) is 0 Å². The Bertz CT molecular complexity index is 550. The fourth-order valence-corrected chi connectivity index (χ4v) is 1.80. The minimum Gasteiger partial charge on any atom is -0.480 e. The molecular formula is C12H13FN2O2. The zero-order chi connectivity index (χ0) is 12.4. The van der Waals surface area contributed by atoms with Gasteiger partial charge in [0.1, 0.15) is 12.7 Å². The van der Waals surface area contributed by atoms with Crippen LogP contribution in [0.5, 0.6) is 0 Å². The number of hydrogen-bond donors (Lipinski definition) is 3. The van der Waals surface area contributed by atoms with Crippen LogP contribution in [0.4, 0.5) is 4.39 Å². The van der Waals surface area contributed by atoms with Crippen molar-refractivity contribution < 1.29 is 14.3 Å². The number of aromatic amines is 1. The lowest BCUT2D eigenvalue weighted by atomic mass is 10.0. The Kier molecular flexibility index (Phi) is 3.10. The zero-order valence-electron chi connectivity index (χ0n) is 9.11. The van der Waals surface area contributed by atoms with Crippen LogP contribution in [-0.4, -0.2) is 22.1 Å². The molecule has 17 heavy (non-hydrogen) atoms. The van der Waals surface area contributed by atoms with Crippen molar-refractivity contribution in [3.05, 3.63) is 35.5 Å². The lowest BCUT2D eigenvalue weighted by molar-refractivity contribution is -0.138. The van der Waals surface area contributed by atoms with E-state index < -0.39 is 18.7 Å². The summed E-state index contributed by atoms with van der Waals surface area (Å²) in [5, 5.41) is 9.59. The summed E-state index contributed by atoms with van der Waals surface area (Å²) in [5.41, 5.74) is 7.71. The molecular weight excluding hydrogens is 223 g/mol. The first-order chi connectivity index (χ1) is 8.11. The Labute approximate surface area is 97.2 Å². The lowest BCUT2D eigenvalue weighted by Gasteiger charge is -2.05. The Balaban J connectivity index is 2.37. The molecule has 0 amide bonds. The second kappa shape index (κ2) is 4.55. The number of nitrogens with two attached hydrogens (primary N) is 1. The number of aromatic nitrogens is 1. The van der Waals surface area contributed by atoms with Crippen molar-refractivity contribution in [3.8, 4) is 0 Å². The summed E-state index contributed by atoms with van der Waals surface area (Å²) in [4.78, 5) is 13.7. The van der Waals surface area contributed by atoms with E-state index in [1.165, 1.54) is 0 Å². The van der Waals surface area contributed by atoms with Crippen molar-refractivity contribution in [2.45, 2.75) is 19.1 Å². The molecule has 2 aromatic rings. The number of hydrogen-bond acceptors (Lipinski definition) is 2. The number of nitrogens with one attached hydrogen (secondary N) is 1. The highest BCUT2D eigenvalue weighted by Gasteiger charge is 2.14. The van der Waals surface area contributed by atoms with Gasteiger partial charge >= 0.3 is 5.97 Å². The second-order valence-electron chi connectivity index (χ2n) is 3.98. The highest BCUT2D eigenvalue weighted by Crippen LogP contribution is 2.21. The number of benzene rings is 1. The maximum Gasteiger partial charge on any atom is 0.320 e. The second-order valence-corrected chi connectivity index (χ2v) is 3.98. The Morgan fingerprint density at radius 1 is 1.53 bits per heavy atom. The van der Waals surface area contributed by atoms with Crippen molar-refractivity contribution in [1.82, 2.24) is 4.98 Å². The largest absolute Gasteiger partial charge is 0.480 e. The maximum atomic E-state index is 12.6. The van der Waals surface area contributed by atoms with Gasteiger partial charge in [-0.1, -0.05) is 6.07 Å². The van der Waals surface area contributed by atoms with Gasteiger partial charge in [-0.05, 0) is 23.3 Å². The number of fused-ring (bicyclic) bond motifs is 1. The van der Waals surface area contributed by atoms with Gasteiger partial charge in [0.05, 0.1) is 0 Å². The van der Waals surface area contributed by atoms with Gasteiger partial charge in [0.25, 0.3) is 0 Å². The van der Waals surface area contributed by atoms with Crippen LogP contribution in [0.15, 0.2) is 24.4 Å². The topological polar surface area (TPSA) is 79.1 Å². The summed E-state index contributed by atoms with van der Waals surface area (Å²) in [6.07, 6.45) is 1.94. The molecule has 0 aliphatic carbocycles. The molecule has 0 saturated heterocycles. The normalized spacial score (nSPS) is 12.8. The minimum absolute atomic E-state index is 0.227. The Hall–Kier alpha value is -1.88. The van der Waals surface area contributed by atoms with E-state index in [1.54, 1.807) is 24.4 Å². The van der Waals surface area contributed by atoms with Crippen LogP contribution >= 0.6 is 0 Å². The third-order valence-electron chi connectivity index (χ3n) is 2.74. The van der Waals surface area contributed by atoms with E-state index in [4.69, 9.17) is 10.8 Å². The molecule has 1 aromatic heterocycles. The molecule has 2 rings (SSSR count). The first-order valence-electron chi connectivity index (χ1n) is 5.25. The molecule has 0 radical (unpaired) electrons. The van der Waals surface area contributed by atoms with E-state index >= 15 is 0 Å². The third-order valence-corrected chi connectivity index (χ3v) is 2.74. The molecule has 0 fully saturated rings. The molecule has 0 spiro atoms. The average Bonchev–Trinajstić information content (AvgIpc) is 2.71.